The molecule has 2 heterocycles. The molecule has 0 aliphatic heterocycles. The van der Waals surface area contributed by atoms with Gasteiger partial charge in [0.25, 0.3) is 5.91 Å². The maximum atomic E-state index is 12.4. The second-order valence-electron chi connectivity index (χ2n) is 6.91. The number of hydrogen-bond donors (Lipinski definition) is 1. The van der Waals surface area contributed by atoms with E-state index in [1.807, 2.05) is 53.1 Å². The lowest BCUT2D eigenvalue weighted by molar-refractivity contribution is -0.118. The molecule has 0 aliphatic rings. The van der Waals surface area contributed by atoms with E-state index in [1.165, 1.54) is 11.8 Å². The lowest BCUT2D eigenvalue weighted by Crippen LogP contribution is -2.20. The molecule has 0 unspecified atom stereocenters. The highest BCUT2D eigenvalue weighted by Gasteiger charge is 2.17. The van der Waals surface area contributed by atoms with Gasteiger partial charge in [-0.15, -0.1) is 10.2 Å². The van der Waals surface area contributed by atoms with Gasteiger partial charge in [0, 0.05) is 23.6 Å². The number of rotatable bonds is 9. The van der Waals surface area contributed by atoms with Crippen LogP contribution in [0.3, 0.4) is 0 Å². The van der Waals surface area contributed by atoms with Crippen molar-refractivity contribution in [2.45, 2.75) is 5.16 Å². The first-order valence-electron chi connectivity index (χ1n) is 10.3. The van der Waals surface area contributed by atoms with Crippen molar-refractivity contribution < 1.29 is 14.3 Å². The normalized spacial score (nSPS) is 10.9. The number of thioether (sulfide) groups is 1. The number of ether oxygens (including phenoxy) is 2. The van der Waals surface area contributed by atoms with Crippen LogP contribution in [0.15, 0.2) is 83.3 Å². The molecular formula is C24H22N6O3S. The van der Waals surface area contributed by atoms with Crippen LogP contribution in [0.5, 0.6) is 11.5 Å². The molecule has 4 rings (SSSR count). The molecule has 0 saturated heterocycles. The number of hydrazone groups is 1. The number of hydrogen-bond acceptors (Lipinski definition) is 8. The predicted molar refractivity (Wildman–Crippen MR) is 131 cm³/mol. The average molecular weight is 475 g/mol. The molecule has 2 aromatic carbocycles. The summed E-state index contributed by atoms with van der Waals surface area (Å²) in [4.78, 5) is 16.5. The molecule has 9 nitrogen and oxygen atoms in total. The lowest BCUT2D eigenvalue weighted by Gasteiger charge is -2.10. The molecule has 10 heteroatoms. The molecule has 0 bridgehead atoms. The zero-order valence-corrected chi connectivity index (χ0v) is 19.4. The summed E-state index contributed by atoms with van der Waals surface area (Å²) in [5.41, 5.74) is 5.07. The van der Waals surface area contributed by atoms with Crippen molar-refractivity contribution in [2.24, 2.45) is 5.10 Å². The molecule has 0 atom stereocenters. The minimum absolute atomic E-state index is 0.116. The van der Waals surface area contributed by atoms with Crippen LogP contribution < -0.4 is 14.9 Å². The quantitative estimate of drug-likeness (QED) is 0.225. The van der Waals surface area contributed by atoms with E-state index >= 15 is 0 Å². The highest BCUT2D eigenvalue weighted by atomic mass is 32.2. The Labute approximate surface area is 200 Å². The highest BCUT2D eigenvalue weighted by Crippen LogP contribution is 2.28. The van der Waals surface area contributed by atoms with E-state index in [2.05, 4.69) is 25.7 Å². The van der Waals surface area contributed by atoms with Gasteiger partial charge in [-0.3, -0.25) is 14.3 Å². The predicted octanol–water partition coefficient (Wildman–Crippen LogP) is 3.59. The third kappa shape index (κ3) is 5.41. The molecule has 0 saturated carbocycles. The van der Waals surface area contributed by atoms with Crippen LogP contribution in [-0.4, -0.2) is 51.8 Å². The number of carbonyl (C=O) groups is 1. The van der Waals surface area contributed by atoms with E-state index in [0.29, 0.717) is 22.5 Å². The molecule has 0 radical (unpaired) electrons. The van der Waals surface area contributed by atoms with Crippen LogP contribution >= 0.6 is 11.8 Å². The van der Waals surface area contributed by atoms with Gasteiger partial charge in [0.1, 0.15) is 0 Å². The van der Waals surface area contributed by atoms with E-state index in [1.54, 1.807) is 45.0 Å². The summed E-state index contributed by atoms with van der Waals surface area (Å²) >= 11 is 1.27. The Bertz CT molecular complexity index is 1280. The van der Waals surface area contributed by atoms with E-state index < -0.39 is 0 Å². The largest absolute Gasteiger partial charge is 0.493 e. The number of methoxy groups -OCH3 is 2. The number of benzene rings is 2. The summed E-state index contributed by atoms with van der Waals surface area (Å²) < 4.78 is 12.4. The van der Waals surface area contributed by atoms with E-state index in [0.717, 1.165) is 16.8 Å². The van der Waals surface area contributed by atoms with Crippen LogP contribution in [-0.2, 0) is 4.79 Å². The molecular weight excluding hydrogens is 452 g/mol. The Kier molecular flexibility index (Phi) is 7.51. The van der Waals surface area contributed by atoms with Crippen LogP contribution in [0.4, 0.5) is 0 Å². The van der Waals surface area contributed by atoms with Gasteiger partial charge in [-0.25, -0.2) is 5.43 Å². The summed E-state index contributed by atoms with van der Waals surface area (Å²) in [6.45, 7) is 0. The molecule has 172 valence electrons. The highest BCUT2D eigenvalue weighted by molar-refractivity contribution is 7.99. The molecule has 34 heavy (non-hydrogen) atoms. The summed E-state index contributed by atoms with van der Waals surface area (Å²) in [6, 6.07) is 18.8. The smallest absolute Gasteiger partial charge is 0.250 e. The topological polar surface area (TPSA) is 104 Å². The second kappa shape index (κ2) is 11.1. The van der Waals surface area contributed by atoms with Gasteiger partial charge in [0.05, 0.1) is 26.2 Å². The Morgan fingerprint density at radius 1 is 1.03 bits per heavy atom. The Hall–Kier alpha value is -4.18. The summed E-state index contributed by atoms with van der Waals surface area (Å²) in [7, 11) is 3.13. The van der Waals surface area contributed by atoms with E-state index in [9.17, 15) is 4.79 Å². The third-order valence-corrected chi connectivity index (χ3v) is 5.66. The maximum Gasteiger partial charge on any atom is 0.250 e. The SMILES string of the molecule is COc1ccc(/C=N\NC(=O)CSc2nnc(-c3ccncc3)n2-c2ccccc2)cc1OC. The minimum atomic E-state index is -0.269. The van der Waals surface area contributed by atoms with Gasteiger partial charge in [0.15, 0.2) is 22.5 Å². The second-order valence-corrected chi connectivity index (χ2v) is 7.85. The van der Waals surface area contributed by atoms with Crippen molar-refractivity contribution in [3.63, 3.8) is 0 Å². The first-order valence-corrected chi connectivity index (χ1v) is 11.3. The molecule has 0 spiro atoms. The van der Waals surface area contributed by atoms with Crippen molar-refractivity contribution in [1.29, 1.82) is 0 Å². The number of para-hydroxylation sites is 1. The Morgan fingerprint density at radius 2 is 1.79 bits per heavy atom. The van der Waals surface area contributed by atoms with Gasteiger partial charge in [-0.2, -0.15) is 5.10 Å². The number of nitrogens with zero attached hydrogens (tertiary/aromatic N) is 5. The van der Waals surface area contributed by atoms with Gasteiger partial charge in [0.2, 0.25) is 0 Å². The molecule has 4 aromatic rings. The third-order valence-electron chi connectivity index (χ3n) is 4.73. The first-order chi connectivity index (χ1) is 16.7. The number of carbonyl (C=O) groups excluding carboxylic acids is 1. The zero-order chi connectivity index (χ0) is 23.8. The van der Waals surface area contributed by atoms with Crippen molar-refractivity contribution in [1.82, 2.24) is 25.2 Å². The van der Waals surface area contributed by atoms with Crippen molar-refractivity contribution in [2.75, 3.05) is 20.0 Å². The fourth-order valence-corrected chi connectivity index (χ4v) is 3.88. The molecule has 2 aromatic heterocycles. The first kappa shape index (κ1) is 23.0. The van der Waals surface area contributed by atoms with Crippen molar-refractivity contribution in [3.05, 3.63) is 78.6 Å². The van der Waals surface area contributed by atoms with Crippen molar-refractivity contribution in [3.8, 4) is 28.6 Å². The van der Waals surface area contributed by atoms with Crippen LogP contribution in [0.25, 0.3) is 17.1 Å². The van der Waals surface area contributed by atoms with Gasteiger partial charge in [-0.05, 0) is 48.0 Å². The molecule has 0 aliphatic carbocycles. The minimum Gasteiger partial charge on any atom is -0.493 e. The van der Waals surface area contributed by atoms with E-state index in [4.69, 9.17) is 9.47 Å². The molecule has 0 fully saturated rings. The fraction of sp³-hybridized carbons (Fsp3) is 0.125. The van der Waals surface area contributed by atoms with Crippen LogP contribution in [0.1, 0.15) is 5.56 Å². The number of nitrogens with one attached hydrogen (secondary N) is 1. The van der Waals surface area contributed by atoms with Gasteiger partial charge in [-0.1, -0.05) is 30.0 Å². The lowest BCUT2D eigenvalue weighted by atomic mass is 10.2. The molecule has 1 N–H and O–H groups in total. The Morgan fingerprint density at radius 3 is 2.53 bits per heavy atom. The maximum absolute atomic E-state index is 12.4. The summed E-state index contributed by atoms with van der Waals surface area (Å²) in [6.07, 6.45) is 4.95. The van der Waals surface area contributed by atoms with Crippen molar-refractivity contribution >= 4 is 23.9 Å². The average Bonchev–Trinajstić information content (AvgIpc) is 3.32. The zero-order valence-electron chi connectivity index (χ0n) is 18.6. The van der Waals surface area contributed by atoms with Crippen LogP contribution in [0, 0.1) is 0 Å². The fourth-order valence-electron chi connectivity index (χ4n) is 3.14. The standard InChI is InChI=1S/C24H22N6O3S/c1-32-20-9-8-17(14-21(20)33-2)15-26-27-22(31)16-34-24-29-28-23(18-10-12-25-13-11-18)30(24)19-6-4-3-5-7-19/h3-15H,16H2,1-2H3,(H,27,31)/b26-15-. The number of aromatic nitrogens is 4. The number of pyridine rings is 1. The Balaban J connectivity index is 1.45. The molecule has 1 amide bonds. The van der Waals surface area contributed by atoms with E-state index in [-0.39, 0.29) is 11.7 Å². The number of amides is 1. The summed E-state index contributed by atoms with van der Waals surface area (Å²) in [5, 5.41) is 13.3. The van der Waals surface area contributed by atoms with Gasteiger partial charge < -0.3 is 9.47 Å². The monoisotopic (exact) mass is 474 g/mol. The summed E-state index contributed by atoms with van der Waals surface area (Å²) in [5.74, 6) is 1.72. The van der Waals surface area contributed by atoms with Gasteiger partial charge >= 0.3 is 0 Å². The van der Waals surface area contributed by atoms with Crippen LogP contribution in [0.2, 0.25) is 0 Å².